The summed E-state index contributed by atoms with van der Waals surface area (Å²) in [7, 11) is 0. The minimum Gasteiger partial charge on any atom is -0.344 e. The number of nitrogens with zero attached hydrogens (tertiary/aromatic N) is 2. The number of amides is 1. The Balaban J connectivity index is 1.37. The van der Waals surface area contributed by atoms with E-state index in [1.807, 2.05) is 0 Å². The van der Waals surface area contributed by atoms with Crippen molar-refractivity contribution in [3.8, 4) is 0 Å². The Kier molecular flexibility index (Phi) is 6.08. The highest BCUT2D eigenvalue weighted by molar-refractivity contribution is 8.14. The largest absolute Gasteiger partial charge is 0.416 e. The first kappa shape index (κ1) is 20.6. The van der Waals surface area contributed by atoms with Gasteiger partial charge in [-0.05, 0) is 49.9 Å². The van der Waals surface area contributed by atoms with E-state index < -0.39 is 11.7 Å². The van der Waals surface area contributed by atoms with Gasteiger partial charge in [-0.15, -0.1) is 0 Å². The van der Waals surface area contributed by atoms with Gasteiger partial charge in [0.25, 0.3) is 0 Å². The van der Waals surface area contributed by atoms with E-state index in [9.17, 15) is 18.0 Å². The highest BCUT2D eigenvalue weighted by Crippen LogP contribution is 2.38. The van der Waals surface area contributed by atoms with Crippen molar-refractivity contribution >= 4 is 28.5 Å². The lowest BCUT2D eigenvalue weighted by atomic mass is 9.96. The third-order valence-electron chi connectivity index (χ3n) is 5.74. The third kappa shape index (κ3) is 5.27. The van der Waals surface area contributed by atoms with Crippen molar-refractivity contribution in [2.24, 2.45) is 4.99 Å². The Morgan fingerprint density at radius 3 is 2.41 bits per heavy atom. The first-order valence-corrected chi connectivity index (χ1v) is 11.3. The first-order valence-electron chi connectivity index (χ1n) is 10.4. The predicted molar refractivity (Wildman–Crippen MR) is 110 cm³/mol. The molecule has 1 saturated heterocycles. The van der Waals surface area contributed by atoms with Crippen LogP contribution < -0.4 is 5.32 Å². The smallest absolute Gasteiger partial charge is 0.344 e. The molecule has 0 spiro atoms. The number of thioether (sulfide) groups is 1. The monoisotopic (exact) mass is 425 g/mol. The second kappa shape index (κ2) is 8.58. The fourth-order valence-corrected chi connectivity index (χ4v) is 5.38. The van der Waals surface area contributed by atoms with Crippen LogP contribution in [0.4, 0.5) is 18.9 Å². The summed E-state index contributed by atoms with van der Waals surface area (Å²) in [4.78, 5) is 19.9. The van der Waals surface area contributed by atoms with Crippen molar-refractivity contribution < 1.29 is 18.0 Å². The molecule has 2 saturated carbocycles. The van der Waals surface area contributed by atoms with Crippen molar-refractivity contribution in [1.82, 2.24) is 4.90 Å². The Bertz CT molecular complexity index is 755. The van der Waals surface area contributed by atoms with E-state index >= 15 is 0 Å². The summed E-state index contributed by atoms with van der Waals surface area (Å²) in [6.07, 6.45) is 4.33. The molecule has 0 radical (unpaired) electrons. The summed E-state index contributed by atoms with van der Waals surface area (Å²) in [5.74, 6) is 0.669. The van der Waals surface area contributed by atoms with Crippen LogP contribution in [0.2, 0.25) is 0 Å². The van der Waals surface area contributed by atoms with Crippen LogP contribution in [0.5, 0.6) is 0 Å². The van der Waals surface area contributed by atoms with Gasteiger partial charge in [0.05, 0.1) is 11.6 Å². The molecule has 1 unspecified atom stereocenters. The molecular formula is C21H26F3N3OS. The number of hydrogen-bond acceptors (Lipinski definition) is 3. The minimum absolute atomic E-state index is 0.101. The quantitative estimate of drug-likeness (QED) is 0.696. The minimum atomic E-state index is -4.37. The molecule has 8 heteroatoms. The van der Waals surface area contributed by atoms with Gasteiger partial charge in [0, 0.05) is 29.9 Å². The lowest BCUT2D eigenvalue weighted by molar-refractivity contribution is -0.137. The zero-order valence-electron chi connectivity index (χ0n) is 16.3. The van der Waals surface area contributed by atoms with Gasteiger partial charge in [-0.3, -0.25) is 9.79 Å². The van der Waals surface area contributed by atoms with Crippen LogP contribution in [0, 0.1) is 0 Å². The molecule has 1 aromatic rings. The molecule has 3 aliphatic rings. The van der Waals surface area contributed by atoms with E-state index in [0.717, 1.165) is 48.7 Å². The molecular weight excluding hydrogens is 399 g/mol. The number of aliphatic imine (C=N–C) groups is 1. The number of halogens is 3. The average molecular weight is 426 g/mol. The maximum absolute atomic E-state index is 12.7. The van der Waals surface area contributed by atoms with Gasteiger partial charge in [0.1, 0.15) is 0 Å². The first-order chi connectivity index (χ1) is 13.9. The van der Waals surface area contributed by atoms with Crippen molar-refractivity contribution in [3.05, 3.63) is 29.8 Å². The molecule has 1 atom stereocenters. The van der Waals surface area contributed by atoms with Crippen molar-refractivity contribution in [3.63, 3.8) is 0 Å². The molecule has 29 heavy (non-hydrogen) atoms. The molecule has 1 amide bonds. The van der Waals surface area contributed by atoms with E-state index in [2.05, 4.69) is 10.2 Å². The maximum Gasteiger partial charge on any atom is 0.416 e. The van der Waals surface area contributed by atoms with E-state index in [1.165, 1.54) is 31.4 Å². The Labute approximate surface area is 173 Å². The summed E-state index contributed by atoms with van der Waals surface area (Å²) >= 11 is 1.74. The standard InChI is InChI=1S/C21H26F3N3OS/c22-21(23,24)14-6-8-16(9-7-14)25-19(28)12-18-13-29-20(27(18)17-10-11-17)26-15-4-2-1-3-5-15/h6-9,15,17-18H,1-5,10-13H2,(H,25,28). The zero-order chi connectivity index (χ0) is 20.4. The van der Waals surface area contributed by atoms with E-state index in [0.29, 0.717) is 24.2 Å². The van der Waals surface area contributed by atoms with Gasteiger partial charge >= 0.3 is 6.18 Å². The number of anilines is 1. The number of benzene rings is 1. The number of carbonyl (C=O) groups is 1. The van der Waals surface area contributed by atoms with Crippen molar-refractivity contribution in [2.45, 2.75) is 75.7 Å². The van der Waals surface area contributed by atoms with Gasteiger partial charge in [-0.25, -0.2) is 0 Å². The van der Waals surface area contributed by atoms with E-state index in [1.54, 1.807) is 11.8 Å². The molecule has 158 valence electrons. The van der Waals surface area contributed by atoms with Crippen LogP contribution in [0.1, 0.15) is 56.9 Å². The number of carbonyl (C=O) groups excluding carboxylic acids is 1. The summed E-state index contributed by atoms with van der Waals surface area (Å²) < 4.78 is 38.0. The molecule has 2 aliphatic carbocycles. The van der Waals surface area contributed by atoms with Gasteiger partial charge in [-0.1, -0.05) is 31.0 Å². The Hall–Kier alpha value is -1.70. The maximum atomic E-state index is 12.7. The number of amidine groups is 1. The lowest BCUT2D eigenvalue weighted by Crippen LogP contribution is -2.39. The van der Waals surface area contributed by atoms with Crippen molar-refractivity contribution in [1.29, 1.82) is 0 Å². The number of nitrogens with one attached hydrogen (secondary N) is 1. The summed E-state index contributed by atoms with van der Waals surface area (Å²) in [5, 5.41) is 3.83. The normalized spacial score (nSPS) is 24.9. The predicted octanol–water partition coefficient (Wildman–Crippen LogP) is 5.30. The second-order valence-corrected chi connectivity index (χ2v) is 9.12. The molecule has 1 heterocycles. The highest BCUT2D eigenvalue weighted by Gasteiger charge is 2.41. The Morgan fingerprint density at radius 1 is 1.10 bits per heavy atom. The van der Waals surface area contributed by atoms with Gasteiger partial charge in [-0.2, -0.15) is 13.2 Å². The van der Waals surface area contributed by atoms with Crippen LogP contribution in [0.3, 0.4) is 0 Å². The molecule has 0 bridgehead atoms. The zero-order valence-corrected chi connectivity index (χ0v) is 17.1. The number of rotatable bonds is 5. The summed E-state index contributed by atoms with van der Waals surface area (Å²) in [6.45, 7) is 0. The van der Waals surface area contributed by atoms with Crippen molar-refractivity contribution in [2.75, 3.05) is 11.1 Å². The fraction of sp³-hybridized carbons (Fsp3) is 0.619. The molecule has 3 fully saturated rings. The molecule has 0 aromatic heterocycles. The van der Waals surface area contributed by atoms with E-state index in [-0.39, 0.29) is 11.9 Å². The van der Waals surface area contributed by atoms with Crippen LogP contribution in [-0.4, -0.2) is 39.9 Å². The second-order valence-electron chi connectivity index (χ2n) is 8.13. The topological polar surface area (TPSA) is 44.7 Å². The fourth-order valence-electron chi connectivity index (χ4n) is 4.08. The van der Waals surface area contributed by atoms with E-state index in [4.69, 9.17) is 4.99 Å². The number of alkyl halides is 3. The van der Waals surface area contributed by atoms with Gasteiger partial charge in [0.15, 0.2) is 5.17 Å². The molecule has 4 nitrogen and oxygen atoms in total. The van der Waals surface area contributed by atoms with Crippen LogP contribution in [0.15, 0.2) is 29.3 Å². The summed E-state index contributed by atoms with van der Waals surface area (Å²) in [6, 6.07) is 5.59. The molecule has 1 aromatic carbocycles. The SMILES string of the molecule is O=C(CC1CSC(=NC2CCCCC2)N1C1CC1)Nc1ccc(C(F)(F)F)cc1. The average Bonchev–Trinajstić information content (AvgIpc) is 3.45. The van der Waals surface area contributed by atoms with Crippen LogP contribution in [0.25, 0.3) is 0 Å². The third-order valence-corrected chi connectivity index (χ3v) is 6.87. The molecule has 4 rings (SSSR count). The number of hydrogen-bond donors (Lipinski definition) is 1. The highest BCUT2D eigenvalue weighted by atomic mass is 32.2. The van der Waals surface area contributed by atoms with Gasteiger partial charge in [0.2, 0.25) is 5.91 Å². The Morgan fingerprint density at radius 2 is 1.79 bits per heavy atom. The molecule has 1 N–H and O–H groups in total. The van der Waals surface area contributed by atoms with Crippen LogP contribution in [-0.2, 0) is 11.0 Å². The van der Waals surface area contributed by atoms with Crippen LogP contribution >= 0.6 is 11.8 Å². The summed E-state index contributed by atoms with van der Waals surface area (Å²) in [5.41, 5.74) is -0.325. The molecule has 1 aliphatic heterocycles. The van der Waals surface area contributed by atoms with Gasteiger partial charge < -0.3 is 10.2 Å². The lowest BCUT2D eigenvalue weighted by Gasteiger charge is -2.27.